The lowest BCUT2D eigenvalue weighted by Crippen LogP contribution is -2.38. The number of hydrogen-bond acceptors (Lipinski definition) is 4. The fraction of sp³-hybridized carbons (Fsp3) is 0.778. The molecule has 0 unspecified atom stereocenters. The molecule has 6 atom stereocenters. The van der Waals surface area contributed by atoms with E-state index in [0.717, 1.165) is 12.8 Å². The molecule has 0 spiro atoms. The Morgan fingerprint density at radius 2 is 1.26 bits per heavy atom. The Morgan fingerprint density at radius 1 is 0.839 bits per heavy atom. The molecule has 0 amide bonds. The average Bonchev–Trinajstić information content (AvgIpc) is 3.20. The normalized spacial score (nSPS) is 40.6. The first-order valence-corrected chi connectivity index (χ1v) is 11.9. The Morgan fingerprint density at radius 3 is 1.55 bits per heavy atom. The third-order valence-electron chi connectivity index (χ3n) is 10.5. The quantitative estimate of drug-likeness (QED) is 0.391. The van der Waals surface area contributed by atoms with Crippen LogP contribution in [-0.2, 0) is 19.1 Å². The Bertz CT molecular complexity index is 778. The highest BCUT2D eigenvalue weighted by Crippen LogP contribution is 2.67. The van der Waals surface area contributed by atoms with Crippen LogP contribution in [-0.4, -0.2) is 24.1 Å². The van der Waals surface area contributed by atoms with Crippen LogP contribution in [0.15, 0.2) is 24.8 Å². The first-order valence-electron chi connectivity index (χ1n) is 11.9. The Hall–Kier alpha value is -1.58. The lowest BCUT2D eigenvalue weighted by Gasteiger charge is -2.38. The summed E-state index contributed by atoms with van der Waals surface area (Å²) in [7, 11) is 0. The fourth-order valence-corrected chi connectivity index (χ4v) is 7.04. The van der Waals surface area contributed by atoms with E-state index in [9.17, 15) is 9.59 Å². The van der Waals surface area contributed by atoms with Gasteiger partial charge < -0.3 is 9.47 Å². The van der Waals surface area contributed by atoms with Gasteiger partial charge in [0.15, 0.2) is 0 Å². The molecule has 4 aliphatic carbocycles. The van der Waals surface area contributed by atoms with Gasteiger partial charge in [0.2, 0.25) is 0 Å². The van der Waals surface area contributed by atoms with E-state index in [1.54, 1.807) is 6.92 Å². The van der Waals surface area contributed by atoms with Crippen LogP contribution in [0.2, 0.25) is 0 Å². The number of fused-ring (bicyclic) bond motifs is 4. The largest absolute Gasteiger partial charge is 0.459 e. The molecule has 4 nitrogen and oxygen atoms in total. The summed E-state index contributed by atoms with van der Waals surface area (Å²) in [5, 5.41) is 0. The van der Waals surface area contributed by atoms with E-state index in [4.69, 9.17) is 9.47 Å². The van der Waals surface area contributed by atoms with E-state index >= 15 is 0 Å². The van der Waals surface area contributed by atoms with Crippen LogP contribution in [0.3, 0.4) is 0 Å². The van der Waals surface area contributed by atoms with Crippen LogP contribution < -0.4 is 0 Å². The number of carbonyl (C=O) groups excluding carboxylic acids is 2. The molecule has 31 heavy (non-hydrogen) atoms. The van der Waals surface area contributed by atoms with Gasteiger partial charge in [0.1, 0.15) is 12.2 Å². The number of ether oxygens (including phenoxy) is 2. The standard InChI is InChI=1S/C14H22O2.C13H20O2/c1-9(2)12(15)16-11-8-10-6-7-14(11,5)13(10,3)4;1-5-11(14)15-10-8-9-6-7-13(10,4)12(9,2)3/h10-11H,1,6-8H2,2-5H3;5,9-10H,1,6-8H2,2-4H3/t10-,11-,14+;9-,10-,13+/m00/s1. The summed E-state index contributed by atoms with van der Waals surface area (Å²) in [5.41, 5.74) is 1.43. The number of carbonyl (C=O) groups is 2. The monoisotopic (exact) mass is 430 g/mol. The second-order valence-electron chi connectivity index (χ2n) is 12.0. The number of esters is 2. The van der Waals surface area contributed by atoms with Crippen LogP contribution in [0.5, 0.6) is 0 Å². The van der Waals surface area contributed by atoms with Gasteiger partial charge in [-0.25, -0.2) is 9.59 Å². The molecule has 4 rings (SSSR count). The maximum Gasteiger partial charge on any atom is 0.333 e. The van der Waals surface area contributed by atoms with Crippen molar-refractivity contribution >= 4 is 11.9 Å². The molecule has 4 saturated carbocycles. The molecular weight excluding hydrogens is 388 g/mol. The highest BCUT2D eigenvalue weighted by Gasteiger charge is 2.63. The van der Waals surface area contributed by atoms with Crippen molar-refractivity contribution in [2.75, 3.05) is 0 Å². The highest BCUT2D eigenvalue weighted by atomic mass is 16.5. The minimum Gasteiger partial charge on any atom is -0.459 e. The molecule has 0 heterocycles. The van der Waals surface area contributed by atoms with Gasteiger partial charge in [-0.15, -0.1) is 0 Å². The third-order valence-corrected chi connectivity index (χ3v) is 10.5. The van der Waals surface area contributed by atoms with Crippen molar-refractivity contribution in [3.63, 3.8) is 0 Å². The summed E-state index contributed by atoms with van der Waals surface area (Å²) in [6, 6.07) is 0. The minimum absolute atomic E-state index is 0.0884. The molecule has 0 radical (unpaired) electrons. The summed E-state index contributed by atoms with van der Waals surface area (Å²) in [4.78, 5) is 22.9. The molecule has 4 fully saturated rings. The third kappa shape index (κ3) is 3.58. The molecular formula is C27H42O4. The molecule has 4 aliphatic rings. The van der Waals surface area contributed by atoms with Crippen molar-refractivity contribution in [1.29, 1.82) is 0 Å². The molecule has 0 N–H and O–H groups in total. The van der Waals surface area contributed by atoms with E-state index < -0.39 is 0 Å². The molecule has 0 aromatic heterocycles. The molecule has 4 bridgehead atoms. The second-order valence-corrected chi connectivity index (χ2v) is 12.0. The molecule has 174 valence electrons. The Balaban J connectivity index is 0.000000176. The molecule has 0 aliphatic heterocycles. The minimum atomic E-state index is -0.274. The van der Waals surface area contributed by atoms with E-state index in [1.807, 2.05) is 0 Å². The molecule has 4 heteroatoms. The van der Waals surface area contributed by atoms with Gasteiger partial charge in [-0.05, 0) is 68.1 Å². The van der Waals surface area contributed by atoms with E-state index in [1.165, 1.54) is 31.8 Å². The lowest BCUT2D eigenvalue weighted by atomic mass is 9.70. The zero-order valence-electron chi connectivity index (χ0n) is 20.7. The lowest BCUT2D eigenvalue weighted by molar-refractivity contribution is -0.152. The van der Waals surface area contributed by atoms with Gasteiger partial charge in [0.25, 0.3) is 0 Å². The van der Waals surface area contributed by atoms with E-state index in [0.29, 0.717) is 28.2 Å². The zero-order chi connectivity index (χ0) is 23.4. The molecule has 0 saturated heterocycles. The van der Waals surface area contributed by atoms with Gasteiger partial charge in [-0.3, -0.25) is 0 Å². The van der Waals surface area contributed by atoms with E-state index in [-0.39, 0.29) is 35.0 Å². The maximum absolute atomic E-state index is 11.6. The van der Waals surface area contributed by atoms with Crippen LogP contribution >= 0.6 is 0 Å². The van der Waals surface area contributed by atoms with Crippen LogP contribution in [0.25, 0.3) is 0 Å². The SMILES string of the molecule is C=C(C)C(=O)O[C@H]1C[C@@H]2CC[C@@]1(C)C2(C)C.C=CC(=O)O[C@H]1C[C@@H]2CC[C@@]1(C)C2(C)C. The summed E-state index contributed by atoms with van der Waals surface area (Å²) in [5.74, 6) is 0.921. The predicted molar refractivity (Wildman–Crippen MR) is 123 cm³/mol. The van der Waals surface area contributed by atoms with Crippen molar-refractivity contribution in [2.45, 2.75) is 99.2 Å². The van der Waals surface area contributed by atoms with Crippen molar-refractivity contribution in [3.05, 3.63) is 24.8 Å². The predicted octanol–water partition coefficient (Wildman–Crippen LogP) is 6.25. The average molecular weight is 431 g/mol. The number of rotatable bonds is 4. The fourth-order valence-electron chi connectivity index (χ4n) is 7.04. The summed E-state index contributed by atoms with van der Waals surface area (Å²) in [6.07, 6.45) is 8.44. The van der Waals surface area contributed by atoms with Crippen molar-refractivity contribution in [3.8, 4) is 0 Å². The highest BCUT2D eigenvalue weighted by molar-refractivity contribution is 5.87. The zero-order valence-corrected chi connectivity index (χ0v) is 20.7. The van der Waals surface area contributed by atoms with Crippen molar-refractivity contribution in [2.24, 2.45) is 33.5 Å². The van der Waals surface area contributed by atoms with Crippen LogP contribution in [0.1, 0.15) is 87.0 Å². The topological polar surface area (TPSA) is 52.6 Å². The summed E-state index contributed by atoms with van der Waals surface area (Å²) >= 11 is 0. The first kappa shape index (κ1) is 24.1. The van der Waals surface area contributed by atoms with Gasteiger partial charge in [0.05, 0.1) is 0 Å². The Kier molecular flexibility index (Phi) is 6.04. The second kappa shape index (κ2) is 7.78. The van der Waals surface area contributed by atoms with Gasteiger partial charge in [-0.1, -0.05) is 54.7 Å². The smallest absolute Gasteiger partial charge is 0.333 e. The Labute approximate surface area is 188 Å². The van der Waals surface area contributed by atoms with Crippen LogP contribution in [0.4, 0.5) is 0 Å². The molecule has 0 aromatic carbocycles. The summed E-state index contributed by atoms with van der Waals surface area (Å²) in [6.45, 7) is 22.6. The summed E-state index contributed by atoms with van der Waals surface area (Å²) < 4.78 is 11.1. The maximum atomic E-state index is 11.6. The first-order chi connectivity index (χ1) is 14.2. The van der Waals surface area contributed by atoms with Gasteiger partial charge >= 0.3 is 11.9 Å². The van der Waals surface area contributed by atoms with E-state index in [2.05, 4.69) is 54.7 Å². The van der Waals surface area contributed by atoms with Gasteiger partial charge in [-0.2, -0.15) is 0 Å². The molecule has 0 aromatic rings. The van der Waals surface area contributed by atoms with Crippen molar-refractivity contribution in [1.82, 2.24) is 0 Å². The number of hydrogen-bond donors (Lipinski definition) is 0. The van der Waals surface area contributed by atoms with Gasteiger partial charge in [0, 0.05) is 22.5 Å². The van der Waals surface area contributed by atoms with Crippen LogP contribution in [0, 0.1) is 33.5 Å². The van der Waals surface area contributed by atoms with Crippen molar-refractivity contribution < 1.29 is 19.1 Å².